The molecule has 0 radical (unpaired) electrons. The van der Waals surface area contributed by atoms with Gasteiger partial charge in [0.2, 0.25) is 5.91 Å². The Morgan fingerprint density at radius 2 is 1.64 bits per heavy atom. The molecule has 1 heterocycles. The molecule has 0 spiro atoms. The van der Waals surface area contributed by atoms with Crippen molar-refractivity contribution in [2.75, 3.05) is 52.3 Å². The summed E-state index contributed by atoms with van der Waals surface area (Å²) in [5.74, 6) is 0.157. The number of alkyl halides is 3. The molecule has 0 aliphatic carbocycles. The molecule has 33 heavy (non-hydrogen) atoms. The molecule has 11 heteroatoms. The second-order valence-corrected chi connectivity index (χ2v) is 7.79. The van der Waals surface area contributed by atoms with E-state index in [0.717, 1.165) is 6.07 Å². The number of hydrogen-bond donors (Lipinski definition) is 1. The van der Waals surface area contributed by atoms with Crippen LogP contribution in [0.15, 0.2) is 36.4 Å². The third-order valence-electron chi connectivity index (χ3n) is 5.21. The van der Waals surface area contributed by atoms with Crippen LogP contribution >= 0.6 is 11.6 Å². The van der Waals surface area contributed by atoms with Crippen LogP contribution in [0.5, 0.6) is 11.5 Å². The molecule has 1 N–H and O–H groups in total. The number of nitrogens with zero attached hydrogens (tertiary/aromatic N) is 2. The lowest BCUT2D eigenvalue weighted by Crippen LogP contribution is -2.50. The molecule has 7 nitrogen and oxygen atoms in total. The van der Waals surface area contributed by atoms with Crippen molar-refractivity contribution in [1.82, 2.24) is 9.80 Å². The van der Waals surface area contributed by atoms with E-state index in [0.29, 0.717) is 43.2 Å². The first-order valence-electron chi connectivity index (χ1n) is 10.0. The summed E-state index contributed by atoms with van der Waals surface area (Å²) < 4.78 is 50.1. The lowest BCUT2D eigenvalue weighted by atomic mass is 10.1. The molecule has 1 fully saturated rings. The molecule has 2 aromatic rings. The molecule has 1 aliphatic heterocycles. The topological polar surface area (TPSA) is 71.1 Å². The Kier molecular flexibility index (Phi) is 7.70. The van der Waals surface area contributed by atoms with Crippen LogP contribution in [0.3, 0.4) is 0 Å². The average molecular weight is 486 g/mol. The lowest BCUT2D eigenvalue weighted by Gasteiger charge is -2.34. The molecular weight excluding hydrogens is 463 g/mol. The Bertz CT molecular complexity index is 1000. The molecular formula is C22H23ClF3N3O4. The SMILES string of the molecule is COc1cc(OC)cc(C(=O)N2CCN(CC(=O)Nc3c(Cl)cccc3C(F)(F)F)CC2)c1. The smallest absolute Gasteiger partial charge is 0.418 e. The van der Waals surface area contributed by atoms with Gasteiger partial charge in [0.25, 0.3) is 5.91 Å². The van der Waals surface area contributed by atoms with E-state index in [1.54, 1.807) is 28.0 Å². The molecule has 0 atom stereocenters. The van der Waals surface area contributed by atoms with E-state index in [-0.39, 0.29) is 17.5 Å². The minimum absolute atomic E-state index is 0.127. The first-order chi connectivity index (χ1) is 15.6. The average Bonchev–Trinajstić information content (AvgIpc) is 2.79. The number of benzene rings is 2. The van der Waals surface area contributed by atoms with Gasteiger partial charge in [-0.25, -0.2) is 0 Å². The van der Waals surface area contributed by atoms with Crippen molar-refractivity contribution in [3.8, 4) is 11.5 Å². The number of hydrogen-bond acceptors (Lipinski definition) is 5. The fourth-order valence-corrected chi connectivity index (χ4v) is 3.71. The molecule has 3 rings (SSSR count). The maximum atomic E-state index is 13.2. The van der Waals surface area contributed by atoms with E-state index in [1.165, 1.54) is 26.4 Å². The van der Waals surface area contributed by atoms with Gasteiger partial charge in [-0.05, 0) is 24.3 Å². The number of carbonyl (C=O) groups excluding carboxylic acids is 2. The number of nitrogens with one attached hydrogen (secondary N) is 1. The van der Waals surface area contributed by atoms with Gasteiger partial charge in [-0.1, -0.05) is 17.7 Å². The highest BCUT2D eigenvalue weighted by molar-refractivity contribution is 6.34. The zero-order chi connectivity index (χ0) is 24.2. The molecule has 2 aromatic carbocycles. The van der Waals surface area contributed by atoms with Gasteiger partial charge in [-0.2, -0.15) is 13.2 Å². The summed E-state index contributed by atoms with van der Waals surface area (Å²) in [5, 5.41) is 2.08. The molecule has 1 saturated heterocycles. The highest BCUT2D eigenvalue weighted by Gasteiger charge is 2.35. The van der Waals surface area contributed by atoms with Gasteiger partial charge in [0.15, 0.2) is 0 Å². The van der Waals surface area contributed by atoms with Gasteiger partial charge >= 0.3 is 6.18 Å². The number of methoxy groups -OCH3 is 2. The van der Waals surface area contributed by atoms with E-state index in [4.69, 9.17) is 21.1 Å². The van der Waals surface area contributed by atoms with Crippen LogP contribution in [0.4, 0.5) is 18.9 Å². The standard InChI is InChI=1S/C22H23ClF3N3O4/c1-32-15-10-14(11-16(12-15)33-2)21(31)29-8-6-28(7-9-29)13-19(30)27-20-17(22(24,25)26)4-3-5-18(20)23/h3-5,10-12H,6-9,13H2,1-2H3,(H,27,30). The normalized spacial score (nSPS) is 14.7. The van der Waals surface area contributed by atoms with Crippen molar-refractivity contribution < 1.29 is 32.2 Å². The monoisotopic (exact) mass is 485 g/mol. The van der Waals surface area contributed by atoms with Gasteiger partial charge in [-0.3, -0.25) is 14.5 Å². The van der Waals surface area contributed by atoms with E-state index in [2.05, 4.69) is 5.32 Å². The predicted octanol–water partition coefficient (Wildman–Crippen LogP) is 3.77. The van der Waals surface area contributed by atoms with Crippen molar-refractivity contribution in [2.24, 2.45) is 0 Å². The van der Waals surface area contributed by atoms with Gasteiger partial charge < -0.3 is 19.7 Å². The Morgan fingerprint density at radius 1 is 1.03 bits per heavy atom. The molecule has 2 amide bonds. The van der Waals surface area contributed by atoms with Crippen molar-refractivity contribution in [2.45, 2.75) is 6.18 Å². The number of carbonyl (C=O) groups is 2. The zero-order valence-electron chi connectivity index (χ0n) is 18.0. The number of para-hydroxylation sites is 1. The molecule has 0 unspecified atom stereocenters. The third kappa shape index (κ3) is 6.08. The fourth-order valence-electron chi connectivity index (χ4n) is 3.49. The Balaban J connectivity index is 1.59. The van der Waals surface area contributed by atoms with Crippen LogP contribution in [0, 0.1) is 0 Å². The second kappa shape index (κ2) is 10.3. The summed E-state index contributed by atoms with van der Waals surface area (Å²) in [6, 6.07) is 8.22. The summed E-state index contributed by atoms with van der Waals surface area (Å²) >= 11 is 5.89. The summed E-state index contributed by atoms with van der Waals surface area (Å²) in [6.45, 7) is 1.35. The van der Waals surface area contributed by atoms with Crippen molar-refractivity contribution >= 4 is 29.1 Å². The minimum atomic E-state index is -4.65. The molecule has 1 aliphatic rings. The van der Waals surface area contributed by atoms with Gasteiger partial charge in [0, 0.05) is 37.8 Å². The molecule has 0 saturated carbocycles. The summed E-state index contributed by atoms with van der Waals surface area (Å²) in [7, 11) is 2.99. The molecule has 0 aromatic heterocycles. The lowest BCUT2D eigenvalue weighted by molar-refractivity contribution is -0.137. The largest absolute Gasteiger partial charge is 0.497 e. The Hall–Kier alpha value is -2.98. The maximum absolute atomic E-state index is 13.2. The van der Waals surface area contributed by atoms with Crippen LogP contribution < -0.4 is 14.8 Å². The van der Waals surface area contributed by atoms with Gasteiger partial charge in [0.1, 0.15) is 11.5 Å². The number of amides is 2. The number of rotatable bonds is 6. The van der Waals surface area contributed by atoms with Crippen LogP contribution in [0.2, 0.25) is 5.02 Å². The molecule has 0 bridgehead atoms. The molecule has 178 valence electrons. The summed E-state index contributed by atoms with van der Waals surface area (Å²) in [5.41, 5.74) is -1.05. The van der Waals surface area contributed by atoms with Gasteiger partial charge in [-0.15, -0.1) is 0 Å². The summed E-state index contributed by atoms with van der Waals surface area (Å²) in [6.07, 6.45) is -4.65. The van der Waals surface area contributed by atoms with Crippen LogP contribution in [0.25, 0.3) is 0 Å². The summed E-state index contributed by atoms with van der Waals surface area (Å²) in [4.78, 5) is 28.7. The zero-order valence-corrected chi connectivity index (χ0v) is 18.8. The highest BCUT2D eigenvalue weighted by Crippen LogP contribution is 2.38. The van der Waals surface area contributed by atoms with Crippen LogP contribution in [-0.4, -0.2) is 68.6 Å². The quantitative estimate of drug-likeness (QED) is 0.674. The van der Waals surface area contributed by atoms with Crippen molar-refractivity contribution in [3.63, 3.8) is 0 Å². The van der Waals surface area contributed by atoms with E-state index in [9.17, 15) is 22.8 Å². The number of piperazine rings is 1. The number of ether oxygens (including phenoxy) is 2. The first kappa shape index (κ1) is 24.7. The first-order valence-corrected chi connectivity index (χ1v) is 10.4. The Labute approximate surface area is 194 Å². The fraction of sp³-hybridized carbons (Fsp3) is 0.364. The highest BCUT2D eigenvalue weighted by atomic mass is 35.5. The minimum Gasteiger partial charge on any atom is -0.497 e. The second-order valence-electron chi connectivity index (χ2n) is 7.38. The van der Waals surface area contributed by atoms with E-state index < -0.39 is 23.3 Å². The van der Waals surface area contributed by atoms with Crippen molar-refractivity contribution in [3.05, 3.63) is 52.5 Å². The third-order valence-corrected chi connectivity index (χ3v) is 5.52. The van der Waals surface area contributed by atoms with E-state index >= 15 is 0 Å². The number of anilines is 1. The maximum Gasteiger partial charge on any atom is 0.418 e. The van der Waals surface area contributed by atoms with Crippen LogP contribution in [0.1, 0.15) is 15.9 Å². The van der Waals surface area contributed by atoms with E-state index in [1.807, 2.05) is 0 Å². The van der Waals surface area contributed by atoms with Crippen molar-refractivity contribution in [1.29, 1.82) is 0 Å². The van der Waals surface area contributed by atoms with Gasteiger partial charge in [0.05, 0.1) is 37.0 Å². The number of halogens is 4. The predicted molar refractivity (Wildman–Crippen MR) is 117 cm³/mol. The van der Waals surface area contributed by atoms with Crippen LogP contribution in [-0.2, 0) is 11.0 Å². The Morgan fingerprint density at radius 3 is 2.18 bits per heavy atom.